The molecule has 2 aromatic rings. The molecule has 5 rings (SSSR count). The molecule has 3 aliphatic rings. The fourth-order valence-corrected chi connectivity index (χ4v) is 5.35. The van der Waals surface area contributed by atoms with Gasteiger partial charge in [-0.25, -0.2) is 0 Å². The molecule has 190 valence electrons. The number of amides is 4. The topological polar surface area (TPSA) is 122 Å². The van der Waals surface area contributed by atoms with E-state index in [1.807, 2.05) is 17.9 Å². The molecular weight excluding hydrogens is 464 g/mol. The standard InChI is InChI=1S/C26H30N4O6/c1-3-20-23(15(2)36-28-20)26(34)29-11-5-4-6-17(29)14-35-18-7-8-19-16(12-18)13-30(25(19)33)21-9-10-22(31)27-24(21)32/h7-8,12,17,21H,3-6,9-11,13-14H2,1-2H3,(H,27,31,32)/t17-,21?/m1/s1. The number of fused-ring (bicyclic) bond motifs is 1. The Morgan fingerprint density at radius 1 is 1.22 bits per heavy atom. The minimum absolute atomic E-state index is 0.0710. The molecule has 0 bridgehead atoms. The van der Waals surface area contributed by atoms with Gasteiger partial charge in [-0.05, 0) is 62.8 Å². The van der Waals surface area contributed by atoms with Gasteiger partial charge in [0.25, 0.3) is 11.8 Å². The SMILES string of the molecule is CCc1noc(C)c1C(=O)N1CCCC[C@@H]1COc1ccc2c(c1)CN(C1CCC(=O)NC1=O)C2=O. The highest BCUT2D eigenvalue weighted by Crippen LogP contribution is 2.31. The average Bonchev–Trinajstić information content (AvgIpc) is 3.41. The second-order valence-electron chi connectivity index (χ2n) is 9.59. The van der Waals surface area contributed by atoms with E-state index in [1.54, 1.807) is 19.1 Å². The van der Waals surface area contributed by atoms with Crippen molar-refractivity contribution in [2.45, 2.75) is 71.0 Å². The van der Waals surface area contributed by atoms with E-state index in [2.05, 4.69) is 10.5 Å². The second-order valence-corrected chi connectivity index (χ2v) is 9.59. The number of carbonyl (C=O) groups excluding carboxylic acids is 4. The first-order valence-electron chi connectivity index (χ1n) is 12.5. The zero-order valence-electron chi connectivity index (χ0n) is 20.5. The molecule has 0 aliphatic carbocycles. The number of aromatic nitrogens is 1. The number of piperidine rings is 2. The molecular formula is C26H30N4O6. The number of hydrogen-bond donors (Lipinski definition) is 1. The lowest BCUT2D eigenvalue weighted by Gasteiger charge is -2.35. The van der Waals surface area contributed by atoms with Crippen LogP contribution in [0.25, 0.3) is 0 Å². The van der Waals surface area contributed by atoms with Crippen molar-refractivity contribution in [3.63, 3.8) is 0 Å². The van der Waals surface area contributed by atoms with E-state index in [4.69, 9.17) is 9.26 Å². The Morgan fingerprint density at radius 2 is 2.06 bits per heavy atom. The number of ether oxygens (including phenoxy) is 1. The summed E-state index contributed by atoms with van der Waals surface area (Å²) in [7, 11) is 0. The molecule has 1 aromatic heterocycles. The summed E-state index contributed by atoms with van der Waals surface area (Å²) in [4.78, 5) is 53.4. The molecule has 3 aliphatic heterocycles. The van der Waals surface area contributed by atoms with Crippen molar-refractivity contribution in [3.8, 4) is 5.75 Å². The summed E-state index contributed by atoms with van der Waals surface area (Å²) in [6, 6.07) is 4.56. The molecule has 0 radical (unpaired) electrons. The number of nitrogens with one attached hydrogen (secondary N) is 1. The number of hydrogen-bond acceptors (Lipinski definition) is 7. The minimum Gasteiger partial charge on any atom is -0.491 e. The van der Waals surface area contributed by atoms with Gasteiger partial charge < -0.3 is 19.1 Å². The number of rotatable bonds is 6. The third-order valence-corrected chi connectivity index (χ3v) is 7.31. The van der Waals surface area contributed by atoms with E-state index in [9.17, 15) is 19.2 Å². The van der Waals surface area contributed by atoms with Crippen molar-refractivity contribution in [2.75, 3.05) is 13.2 Å². The second kappa shape index (κ2) is 9.75. The predicted octanol–water partition coefficient (Wildman–Crippen LogP) is 2.38. The summed E-state index contributed by atoms with van der Waals surface area (Å²) in [5, 5.41) is 6.35. The van der Waals surface area contributed by atoms with Crippen LogP contribution in [0.5, 0.6) is 5.75 Å². The third kappa shape index (κ3) is 4.36. The van der Waals surface area contributed by atoms with E-state index in [-0.39, 0.29) is 36.7 Å². The van der Waals surface area contributed by atoms with E-state index >= 15 is 0 Å². The Bertz CT molecular complexity index is 1220. The van der Waals surface area contributed by atoms with Crippen LogP contribution in [0, 0.1) is 6.92 Å². The largest absolute Gasteiger partial charge is 0.491 e. The van der Waals surface area contributed by atoms with Crippen molar-refractivity contribution in [1.82, 2.24) is 20.3 Å². The van der Waals surface area contributed by atoms with Gasteiger partial charge in [0.2, 0.25) is 11.8 Å². The highest BCUT2D eigenvalue weighted by Gasteiger charge is 2.39. The maximum absolute atomic E-state index is 13.4. The lowest BCUT2D eigenvalue weighted by molar-refractivity contribution is -0.136. The zero-order valence-corrected chi connectivity index (χ0v) is 20.5. The van der Waals surface area contributed by atoms with Gasteiger partial charge in [0.1, 0.15) is 29.7 Å². The highest BCUT2D eigenvalue weighted by molar-refractivity contribution is 6.05. The van der Waals surface area contributed by atoms with E-state index < -0.39 is 11.9 Å². The normalized spacial score (nSPS) is 22.0. The molecule has 1 N–H and O–H groups in total. The molecule has 2 fully saturated rings. The first kappa shape index (κ1) is 24.0. The quantitative estimate of drug-likeness (QED) is 0.612. The average molecular weight is 495 g/mol. The zero-order chi connectivity index (χ0) is 25.4. The van der Waals surface area contributed by atoms with Crippen molar-refractivity contribution >= 4 is 23.6 Å². The van der Waals surface area contributed by atoms with Gasteiger partial charge in [-0.2, -0.15) is 0 Å². The monoisotopic (exact) mass is 494 g/mol. The molecule has 0 spiro atoms. The maximum atomic E-state index is 13.4. The molecule has 1 aromatic carbocycles. The Labute approximate surface area is 208 Å². The summed E-state index contributed by atoms with van der Waals surface area (Å²) < 4.78 is 11.4. The van der Waals surface area contributed by atoms with Crippen LogP contribution in [-0.2, 0) is 22.6 Å². The first-order valence-corrected chi connectivity index (χ1v) is 12.5. The molecule has 36 heavy (non-hydrogen) atoms. The summed E-state index contributed by atoms with van der Waals surface area (Å²) in [6.07, 6.45) is 3.95. The Kier molecular flexibility index (Phi) is 6.51. The number of carbonyl (C=O) groups is 4. The maximum Gasteiger partial charge on any atom is 0.259 e. The number of aryl methyl sites for hydroxylation is 2. The van der Waals surface area contributed by atoms with Gasteiger partial charge >= 0.3 is 0 Å². The van der Waals surface area contributed by atoms with Crippen LogP contribution >= 0.6 is 0 Å². The van der Waals surface area contributed by atoms with Gasteiger partial charge in [-0.3, -0.25) is 24.5 Å². The van der Waals surface area contributed by atoms with Gasteiger partial charge in [0, 0.05) is 25.1 Å². The van der Waals surface area contributed by atoms with Crippen LogP contribution in [0.15, 0.2) is 22.7 Å². The van der Waals surface area contributed by atoms with Crippen molar-refractivity contribution < 1.29 is 28.4 Å². The Hall–Kier alpha value is -3.69. The van der Waals surface area contributed by atoms with Gasteiger partial charge in [-0.1, -0.05) is 12.1 Å². The molecule has 4 amide bonds. The van der Waals surface area contributed by atoms with Crippen LogP contribution in [0.2, 0.25) is 0 Å². The van der Waals surface area contributed by atoms with Gasteiger partial charge in [0.05, 0.1) is 11.7 Å². The van der Waals surface area contributed by atoms with Crippen LogP contribution < -0.4 is 10.1 Å². The Balaban J connectivity index is 1.27. The number of benzene rings is 1. The van der Waals surface area contributed by atoms with Crippen LogP contribution in [0.4, 0.5) is 0 Å². The van der Waals surface area contributed by atoms with Crippen molar-refractivity contribution in [1.29, 1.82) is 0 Å². The van der Waals surface area contributed by atoms with E-state index in [0.717, 1.165) is 24.8 Å². The minimum atomic E-state index is -0.650. The molecule has 2 atom stereocenters. The Morgan fingerprint density at radius 3 is 2.83 bits per heavy atom. The smallest absolute Gasteiger partial charge is 0.259 e. The first-order chi connectivity index (χ1) is 17.4. The lowest BCUT2D eigenvalue weighted by Crippen LogP contribution is -2.52. The van der Waals surface area contributed by atoms with Gasteiger partial charge in [0.15, 0.2) is 0 Å². The number of imide groups is 1. The van der Waals surface area contributed by atoms with Crippen LogP contribution in [-0.4, -0.2) is 63.8 Å². The molecule has 1 unspecified atom stereocenters. The molecule has 10 nitrogen and oxygen atoms in total. The fraction of sp³-hybridized carbons (Fsp3) is 0.500. The molecule has 2 saturated heterocycles. The summed E-state index contributed by atoms with van der Waals surface area (Å²) >= 11 is 0. The predicted molar refractivity (Wildman–Crippen MR) is 127 cm³/mol. The van der Waals surface area contributed by atoms with Crippen molar-refractivity contribution in [3.05, 3.63) is 46.3 Å². The number of likely N-dealkylation sites (tertiary alicyclic amines) is 1. The van der Waals surface area contributed by atoms with E-state index in [1.165, 1.54) is 4.90 Å². The summed E-state index contributed by atoms with van der Waals surface area (Å²) in [5.41, 5.74) is 2.54. The van der Waals surface area contributed by atoms with Crippen LogP contribution in [0.3, 0.4) is 0 Å². The van der Waals surface area contributed by atoms with Crippen LogP contribution in [0.1, 0.15) is 76.8 Å². The lowest BCUT2D eigenvalue weighted by atomic mass is 10.0. The van der Waals surface area contributed by atoms with Gasteiger partial charge in [-0.15, -0.1) is 0 Å². The highest BCUT2D eigenvalue weighted by atomic mass is 16.5. The van der Waals surface area contributed by atoms with Crippen molar-refractivity contribution in [2.24, 2.45) is 0 Å². The fourth-order valence-electron chi connectivity index (χ4n) is 5.35. The molecule has 0 saturated carbocycles. The molecule has 10 heteroatoms. The summed E-state index contributed by atoms with van der Waals surface area (Å²) in [5.74, 6) is 0.118. The molecule has 4 heterocycles. The van der Waals surface area contributed by atoms with E-state index in [0.29, 0.717) is 54.3 Å². The summed E-state index contributed by atoms with van der Waals surface area (Å²) in [6.45, 7) is 4.99. The number of nitrogens with zero attached hydrogens (tertiary/aromatic N) is 3. The third-order valence-electron chi connectivity index (χ3n) is 7.31.